The Bertz CT molecular complexity index is 712. The first-order chi connectivity index (χ1) is 14.8. The van der Waals surface area contributed by atoms with E-state index in [1.54, 1.807) is 13.8 Å². The summed E-state index contributed by atoms with van der Waals surface area (Å²) in [6.45, 7) is 2.56. The zero-order valence-corrected chi connectivity index (χ0v) is 17.7. The van der Waals surface area contributed by atoms with Crippen molar-refractivity contribution in [2.75, 3.05) is 6.61 Å². The van der Waals surface area contributed by atoms with E-state index in [1.807, 2.05) is 5.32 Å². The molecule has 4 atom stereocenters. The number of carboxylic acids is 3. The molecule has 0 aromatic heterocycles. The number of carboxylic acid groups (broad SMARTS) is 3. The molecule has 182 valence electrons. The summed E-state index contributed by atoms with van der Waals surface area (Å²) in [5.41, 5.74) is 5.63. The molecule has 0 fully saturated rings. The Morgan fingerprint density at radius 2 is 1.28 bits per heavy atom. The van der Waals surface area contributed by atoms with Crippen LogP contribution >= 0.6 is 0 Å². The van der Waals surface area contributed by atoms with Gasteiger partial charge in [-0.3, -0.25) is 24.0 Å². The summed E-state index contributed by atoms with van der Waals surface area (Å²) in [5, 5.41) is 42.3. The number of rotatable bonds is 15. The molecule has 0 radical (unpaired) electrons. The molecular weight excluding hydrogens is 432 g/mol. The predicted molar refractivity (Wildman–Crippen MR) is 107 cm³/mol. The fraction of sp³-hybridized carbons (Fsp3) is 0.667. The third kappa shape index (κ3) is 11.2. The van der Waals surface area contributed by atoms with Crippen molar-refractivity contribution in [3.8, 4) is 0 Å². The van der Waals surface area contributed by atoms with Crippen LogP contribution in [-0.2, 0) is 28.8 Å². The highest BCUT2D eigenvalue weighted by atomic mass is 16.4. The van der Waals surface area contributed by atoms with Gasteiger partial charge in [0.25, 0.3) is 0 Å². The number of hydrogen-bond donors (Lipinski definition) is 8. The van der Waals surface area contributed by atoms with Crippen LogP contribution in [0.25, 0.3) is 0 Å². The van der Waals surface area contributed by atoms with Gasteiger partial charge in [-0.2, -0.15) is 0 Å². The molecule has 0 aliphatic heterocycles. The lowest BCUT2D eigenvalue weighted by atomic mass is 10.0. The van der Waals surface area contributed by atoms with Crippen molar-refractivity contribution in [3.05, 3.63) is 0 Å². The SMILES string of the molecule is CC(C)CC(NC(=O)C(N)CCC(=O)O)C(=O)NC(CO)C(=O)NC(CC(=O)O)C(=O)O. The Balaban J connectivity index is 5.24. The molecule has 0 saturated carbocycles. The fourth-order valence-corrected chi connectivity index (χ4v) is 2.51. The third-order valence-electron chi connectivity index (χ3n) is 4.15. The molecule has 0 spiro atoms. The van der Waals surface area contributed by atoms with Gasteiger partial charge in [0.15, 0.2) is 0 Å². The van der Waals surface area contributed by atoms with E-state index in [4.69, 9.17) is 21.1 Å². The van der Waals surface area contributed by atoms with Gasteiger partial charge in [-0.15, -0.1) is 0 Å². The minimum Gasteiger partial charge on any atom is -0.481 e. The summed E-state index contributed by atoms with van der Waals surface area (Å²) in [4.78, 5) is 69.5. The van der Waals surface area contributed by atoms with E-state index in [1.165, 1.54) is 0 Å². The topological polar surface area (TPSA) is 245 Å². The maximum absolute atomic E-state index is 12.6. The van der Waals surface area contributed by atoms with Gasteiger partial charge in [-0.05, 0) is 18.8 Å². The normalized spacial score (nSPS) is 14.5. The van der Waals surface area contributed by atoms with Crippen LogP contribution in [0.3, 0.4) is 0 Å². The molecule has 14 heteroatoms. The molecule has 0 bridgehead atoms. The summed E-state index contributed by atoms with van der Waals surface area (Å²) in [6, 6.07) is -5.79. The standard InChI is InChI=1S/C18H30N4O10/c1-8(2)5-10(20-15(28)9(19)3-4-13(24)25)16(29)22-12(7-23)17(30)21-11(18(31)32)6-14(26)27/h8-12,23H,3-7,19H2,1-2H3,(H,20,28)(H,21,30)(H,22,29)(H,24,25)(H,26,27)(H,31,32). The highest BCUT2D eigenvalue weighted by molar-refractivity contribution is 5.94. The molecular formula is C18H30N4O10. The second kappa shape index (κ2) is 13.9. The summed E-state index contributed by atoms with van der Waals surface area (Å²) in [5.74, 6) is -7.16. The number of nitrogens with one attached hydrogen (secondary N) is 3. The van der Waals surface area contributed by atoms with Crippen molar-refractivity contribution in [1.29, 1.82) is 0 Å². The van der Waals surface area contributed by atoms with Gasteiger partial charge in [0.2, 0.25) is 17.7 Å². The number of nitrogens with two attached hydrogens (primary N) is 1. The maximum atomic E-state index is 12.6. The number of aliphatic hydroxyl groups excluding tert-OH is 1. The number of hydrogen-bond acceptors (Lipinski definition) is 8. The second-order valence-corrected chi connectivity index (χ2v) is 7.47. The number of amides is 3. The molecule has 4 unspecified atom stereocenters. The summed E-state index contributed by atoms with van der Waals surface area (Å²) >= 11 is 0. The van der Waals surface area contributed by atoms with E-state index in [9.17, 15) is 33.9 Å². The second-order valence-electron chi connectivity index (χ2n) is 7.47. The zero-order valence-electron chi connectivity index (χ0n) is 17.7. The van der Waals surface area contributed by atoms with E-state index >= 15 is 0 Å². The van der Waals surface area contributed by atoms with Crippen LogP contribution in [0, 0.1) is 5.92 Å². The molecule has 14 nitrogen and oxygen atoms in total. The predicted octanol–water partition coefficient (Wildman–Crippen LogP) is -2.77. The van der Waals surface area contributed by atoms with Crippen LogP contribution in [0.5, 0.6) is 0 Å². The molecule has 9 N–H and O–H groups in total. The largest absolute Gasteiger partial charge is 0.481 e. The minimum absolute atomic E-state index is 0.102. The van der Waals surface area contributed by atoms with Crippen LogP contribution in [0.15, 0.2) is 0 Å². The Labute approximate surface area is 183 Å². The lowest BCUT2D eigenvalue weighted by Crippen LogP contribution is -2.58. The first-order valence-corrected chi connectivity index (χ1v) is 9.72. The molecule has 3 amide bonds. The monoisotopic (exact) mass is 462 g/mol. The van der Waals surface area contributed by atoms with Gasteiger partial charge in [-0.25, -0.2) is 4.79 Å². The molecule has 0 saturated heterocycles. The van der Waals surface area contributed by atoms with Gasteiger partial charge in [-0.1, -0.05) is 13.8 Å². The van der Waals surface area contributed by atoms with Gasteiger partial charge in [0.05, 0.1) is 19.1 Å². The average Bonchev–Trinajstić information content (AvgIpc) is 2.67. The van der Waals surface area contributed by atoms with Gasteiger partial charge < -0.3 is 42.1 Å². The number of carbonyl (C=O) groups excluding carboxylic acids is 3. The van der Waals surface area contributed by atoms with E-state index in [0.717, 1.165) is 0 Å². The Morgan fingerprint density at radius 3 is 1.72 bits per heavy atom. The van der Waals surface area contributed by atoms with Gasteiger partial charge in [0, 0.05) is 6.42 Å². The van der Waals surface area contributed by atoms with Gasteiger partial charge >= 0.3 is 17.9 Å². The van der Waals surface area contributed by atoms with Gasteiger partial charge in [0.1, 0.15) is 18.1 Å². The van der Waals surface area contributed by atoms with Crippen LogP contribution in [0.4, 0.5) is 0 Å². The Morgan fingerprint density at radius 1 is 0.781 bits per heavy atom. The van der Waals surface area contributed by atoms with Crippen molar-refractivity contribution in [2.45, 2.75) is 63.7 Å². The lowest BCUT2D eigenvalue weighted by Gasteiger charge is -2.25. The summed E-state index contributed by atoms with van der Waals surface area (Å²) in [6.07, 6.45) is -1.34. The third-order valence-corrected chi connectivity index (χ3v) is 4.15. The summed E-state index contributed by atoms with van der Waals surface area (Å²) < 4.78 is 0. The zero-order chi connectivity index (χ0) is 25.0. The highest BCUT2D eigenvalue weighted by Gasteiger charge is 2.31. The molecule has 0 rings (SSSR count). The lowest BCUT2D eigenvalue weighted by molar-refractivity contribution is -0.147. The van der Waals surface area contributed by atoms with Crippen molar-refractivity contribution >= 4 is 35.6 Å². The smallest absolute Gasteiger partial charge is 0.326 e. The number of aliphatic hydroxyl groups is 1. The van der Waals surface area contributed by atoms with Crippen LogP contribution in [-0.4, -0.2) is 86.8 Å². The van der Waals surface area contributed by atoms with E-state index < -0.39 is 72.8 Å². The van der Waals surface area contributed by atoms with Crippen molar-refractivity contribution in [2.24, 2.45) is 11.7 Å². The molecule has 0 aliphatic rings. The van der Waals surface area contributed by atoms with Crippen molar-refractivity contribution in [1.82, 2.24) is 16.0 Å². The van der Waals surface area contributed by atoms with E-state index in [-0.39, 0.29) is 25.2 Å². The van der Waals surface area contributed by atoms with Crippen molar-refractivity contribution in [3.63, 3.8) is 0 Å². The molecule has 0 aromatic rings. The first-order valence-electron chi connectivity index (χ1n) is 9.72. The van der Waals surface area contributed by atoms with Crippen LogP contribution in [0.1, 0.15) is 39.5 Å². The molecule has 0 aliphatic carbocycles. The van der Waals surface area contributed by atoms with Crippen LogP contribution < -0.4 is 21.7 Å². The Kier molecular flexibility index (Phi) is 12.5. The quantitative estimate of drug-likeness (QED) is 0.124. The maximum Gasteiger partial charge on any atom is 0.326 e. The van der Waals surface area contributed by atoms with E-state index in [0.29, 0.717) is 0 Å². The molecule has 0 heterocycles. The highest BCUT2D eigenvalue weighted by Crippen LogP contribution is 2.07. The fourth-order valence-electron chi connectivity index (χ4n) is 2.51. The summed E-state index contributed by atoms with van der Waals surface area (Å²) in [7, 11) is 0. The number of carbonyl (C=O) groups is 6. The van der Waals surface area contributed by atoms with Crippen LogP contribution in [0.2, 0.25) is 0 Å². The Hall–Kier alpha value is -3.26. The molecule has 32 heavy (non-hydrogen) atoms. The average molecular weight is 462 g/mol. The first kappa shape index (κ1) is 28.7. The van der Waals surface area contributed by atoms with Crippen molar-refractivity contribution < 1.29 is 49.2 Å². The van der Waals surface area contributed by atoms with E-state index in [2.05, 4.69) is 10.6 Å². The minimum atomic E-state index is -1.79. The molecule has 0 aromatic carbocycles. The number of aliphatic carboxylic acids is 3.